The van der Waals surface area contributed by atoms with Crippen LogP contribution in [0.3, 0.4) is 0 Å². The Labute approximate surface area is 170 Å². The number of halogens is 1. The molecule has 0 unspecified atom stereocenters. The highest BCUT2D eigenvalue weighted by molar-refractivity contribution is 9.11. The summed E-state index contributed by atoms with van der Waals surface area (Å²) in [6, 6.07) is 10.3. The summed E-state index contributed by atoms with van der Waals surface area (Å²) in [5.41, 5.74) is 2.18. The molecule has 142 valence electrons. The minimum Gasteiger partial charge on any atom is -0.423 e. The van der Waals surface area contributed by atoms with Gasteiger partial charge in [0.15, 0.2) is 5.58 Å². The first-order valence-corrected chi connectivity index (χ1v) is 10.5. The molecule has 1 N–H and O–H groups in total. The third kappa shape index (κ3) is 4.02. The fraction of sp³-hybridized carbons (Fsp3) is 0.368. The van der Waals surface area contributed by atoms with E-state index in [1.54, 1.807) is 6.07 Å². The normalized spacial score (nSPS) is 16.0. The van der Waals surface area contributed by atoms with Crippen molar-refractivity contribution in [2.45, 2.75) is 18.9 Å². The van der Waals surface area contributed by atoms with Gasteiger partial charge in [0.25, 0.3) is 11.9 Å². The molecule has 1 amide bonds. The van der Waals surface area contributed by atoms with Crippen molar-refractivity contribution >= 4 is 56.0 Å². The van der Waals surface area contributed by atoms with Crippen LogP contribution in [-0.2, 0) is 0 Å². The van der Waals surface area contributed by atoms with E-state index in [0.717, 1.165) is 40.8 Å². The summed E-state index contributed by atoms with van der Waals surface area (Å²) in [4.78, 5) is 22.1. The predicted octanol–water partition coefficient (Wildman–Crippen LogP) is 4.43. The molecule has 1 aliphatic heterocycles. The Hall–Kier alpha value is -1.90. The number of hydrogen-bond donors (Lipinski definition) is 1. The number of nitrogens with zero attached hydrogens (tertiary/aromatic N) is 3. The first-order chi connectivity index (χ1) is 13.0. The molecule has 0 saturated carbocycles. The molecule has 1 saturated heterocycles. The van der Waals surface area contributed by atoms with Crippen LogP contribution < -0.4 is 10.2 Å². The van der Waals surface area contributed by atoms with Gasteiger partial charge in [0.1, 0.15) is 5.52 Å². The minimum atomic E-state index is -0.128. The van der Waals surface area contributed by atoms with E-state index in [4.69, 9.17) is 4.42 Å². The number of hydrogen-bond acceptors (Lipinski definition) is 6. The molecule has 4 rings (SSSR count). The van der Waals surface area contributed by atoms with Crippen molar-refractivity contribution in [1.82, 2.24) is 9.88 Å². The maximum atomic E-state index is 12.3. The van der Waals surface area contributed by atoms with Crippen molar-refractivity contribution in [3.63, 3.8) is 0 Å². The fourth-order valence-corrected chi connectivity index (χ4v) is 4.59. The standard InChI is InChI=1S/C19H21BrN4O2S/c1-23-9-7-13(8-10-23)24(2)19-22-14-11-12(3-4-15(14)26-19)21-18(25)16-5-6-17(20)27-16/h3-6,11,13H,7-10H2,1-2H3,(H,21,25). The summed E-state index contributed by atoms with van der Waals surface area (Å²) in [6.45, 7) is 2.18. The molecular weight excluding hydrogens is 428 g/mol. The number of benzene rings is 1. The third-order valence-electron chi connectivity index (χ3n) is 4.97. The van der Waals surface area contributed by atoms with Crippen molar-refractivity contribution in [3.05, 3.63) is 39.0 Å². The van der Waals surface area contributed by atoms with Crippen LogP contribution in [0, 0.1) is 0 Å². The number of likely N-dealkylation sites (tertiary alicyclic amines) is 1. The van der Waals surface area contributed by atoms with Gasteiger partial charge in [0, 0.05) is 18.8 Å². The zero-order valence-electron chi connectivity index (χ0n) is 15.2. The summed E-state index contributed by atoms with van der Waals surface area (Å²) in [7, 11) is 4.19. The number of rotatable bonds is 4. The van der Waals surface area contributed by atoms with Gasteiger partial charge in [-0.2, -0.15) is 4.98 Å². The molecule has 1 fully saturated rings. The molecule has 1 aliphatic rings. The number of carbonyl (C=O) groups excluding carboxylic acids is 1. The quantitative estimate of drug-likeness (QED) is 0.639. The van der Waals surface area contributed by atoms with Gasteiger partial charge in [-0.05, 0) is 79.2 Å². The van der Waals surface area contributed by atoms with Crippen LogP contribution in [-0.4, -0.2) is 49.0 Å². The highest BCUT2D eigenvalue weighted by atomic mass is 79.9. The first kappa shape index (κ1) is 18.5. The van der Waals surface area contributed by atoms with Crippen LogP contribution in [0.5, 0.6) is 0 Å². The molecule has 27 heavy (non-hydrogen) atoms. The van der Waals surface area contributed by atoms with Crippen LogP contribution in [0.1, 0.15) is 22.5 Å². The number of carbonyl (C=O) groups is 1. The van der Waals surface area contributed by atoms with Gasteiger partial charge in [-0.15, -0.1) is 11.3 Å². The molecule has 0 spiro atoms. The summed E-state index contributed by atoms with van der Waals surface area (Å²) in [5, 5.41) is 2.92. The maximum Gasteiger partial charge on any atom is 0.298 e. The Morgan fingerprint density at radius 1 is 1.33 bits per heavy atom. The average molecular weight is 449 g/mol. The second kappa shape index (κ2) is 7.61. The molecule has 1 aromatic carbocycles. The van der Waals surface area contributed by atoms with Crippen molar-refractivity contribution < 1.29 is 9.21 Å². The number of amides is 1. The van der Waals surface area contributed by atoms with Gasteiger partial charge in [-0.1, -0.05) is 0 Å². The maximum absolute atomic E-state index is 12.3. The molecule has 6 nitrogen and oxygen atoms in total. The van der Waals surface area contributed by atoms with E-state index >= 15 is 0 Å². The van der Waals surface area contributed by atoms with Crippen molar-refractivity contribution in [1.29, 1.82) is 0 Å². The van der Waals surface area contributed by atoms with E-state index in [9.17, 15) is 4.79 Å². The Bertz CT molecular complexity index is 962. The smallest absolute Gasteiger partial charge is 0.298 e. The van der Waals surface area contributed by atoms with E-state index < -0.39 is 0 Å². The van der Waals surface area contributed by atoms with Crippen LogP contribution in [0.15, 0.2) is 38.5 Å². The lowest BCUT2D eigenvalue weighted by Gasteiger charge is -2.34. The molecule has 0 atom stereocenters. The molecule has 3 heterocycles. The Morgan fingerprint density at radius 3 is 2.81 bits per heavy atom. The lowest BCUT2D eigenvalue weighted by atomic mass is 10.0. The van der Waals surface area contributed by atoms with Gasteiger partial charge < -0.3 is 19.5 Å². The van der Waals surface area contributed by atoms with E-state index in [1.165, 1.54) is 11.3 Å². The summed E-state index contributed by atoms with van der Waals surface area (Å²) in [6.07, 6.45) is 2.20. The summed E-state index contributed by atoms with van der Waals surface area (Å²) >= 11 is 4.78. The second-order valence-electron chi connectivity index (χ2n) is 6.88. The number of aromatic nitrogens is 1. The van der Waals surface area contributed by atoms with Gasteiger partial charge in [0.2, 0.25) is 0 Å². The zero-order valence-corrected chi connectivity index (χ0v) is 17.6. The Balaban J connectivity index is 1.50. The second-order valence-corrected chi connectivity index (χ2v) is 9.35. The lowest BCUT2D eigenvalue weighted by Crippen LogP contribution is -2.42. The lowest BCUT2D eigenvalue weighted by molar-refractivity contribution is 0.103. The van der Waals surface area contributed by atoms with E-state index in [0.29, 0.717) is 22.6 Å². The van der Waals surface area contributed by atoms with Crippen molar-refractivity contribution in [3.8, 4) is 0 Å². The molecule has 3 aromatic rings. The summed E-state index contributed by atoms with van der Waals surface area (Å²) in [5.74, 6) is -0.128. The average Bonchev–Trinajstić information content (AvgIpc) is 3.27. The largest absolute Gasteiger partial charge is 0.423 e. The zero-order chi connectivity index (χ0) is 19.0. The van der Waals surface area contributed by atoms with Crippen molar-refractivity contribution in [2.75, 3.05) is 37.4 Å². The summed E-state index contributed by atoms with van der Waals surface area (Å²) < 4.78 is 6.87. The molecule has 0 radical (unpaired) electrons. The first-order valence-electron chi connectivity index (χ1n) is 8.88. The third-order valence-corrected chi connectivity index (χ3v) is 6.59. The number of fused-ring (bicyclic) bond motifs is 1. The molecule has 0 bridgehead atoms. The van der Waals surface area contributed by atoms with Crippen LogP contribution in [0.2, 0.25) is 0 Å². The van der Waals surface area contributed by atoms with Gasteiger partial charge in [-0.25, -0.2) is 0 Å². The number of thiophene rings is 1. The number of piperidine rings is 1. The minimum absolute atomic E-state index is 0.128. The number of anilines is 2. The monoisotopic (exact) mass is 448 g/mol. The Morgan fingerprint density at radius 2 is 2.11 bits per heavy atom. The predicted molar refractivity (Wildman–Crippen MR) is 113 cm³/mol. The molecule has 8 heteroatoms. The van der Waals surface area contributed by atoms with Crippen molar-refractivity contribution in [2.24, 2.45) is 0 Å². The Kier molecular flexibility index (Phi) is 5.21. The fourth-order valence-electron chi connectivity index (χ4n) is 3.31. The van der Waals surface area contributed by atoms with E-state index in [2.05, 4.69) is 43.1 Å². The molecule has 0 aliphatic carbocycles. The van der Waals surface area contributed by atoms with Gasteiger partial charge in [-0.3, -0.25) is 4.79 Å². The van der Waals surface area contributed by atoms with Crippen LogP contribution in [0.25, 0.3) is 11.1 Å². The molecule has 2 aromatic heterocycles. The highest BCUT2D eigenvalue weighted by Crippen LogP contribution is 2.28. The van der Waals surface area contributed by atoms with Gasteiger partial charge in [0.05, 0.1) is 8.66 Å². The highest BCUT2D eigenvalue weighted by Gasteiger charge is 2.24. The van der Waals surface area contributed by atoms with Crippen LogP contribution >= 0.6 is 27.3 Å². The van der Waals surface area contributed by atoms with Crippen LogP contribution in [0.4, 0.5) is 11.7 Å². The number of nitrogens with one attached hydrogen (secondary N) is 1. The van der Waals surface area contributed by atoms with E-state index in [1.807, 2.05) is 31.3 Å². The SMILES string of the molecule is CN1CCC(N(C)c2nc3cc(NC(=O)c4ccc(Br)s4)ccc3o2)CC1. The number of oxazole rings is 1. The van der Waals surface area contributed by atoms with Gasteiger partial charge >= 0.3 is 0 Å². The topological polar surface area (TPSA) is 61.6 Å². The molecular formula is C19H21BrN4O2S. The van der Waals surface area contributed by atoms with E-state index in [-0.39, 0.29) is 5.91 Å².